The molecule has 29 heavy (non-hydrogen) atoms. The van der Waals surface area contributed by atoms with E-state index < -0.39 is 41.8 Å². The lowest BCUT2D eigenvalue weighted by atomic mass is 9.89. The van der Waals surface area contributed by atoms with Crippen LogP contribution in [-0.4, -0.2) is 46.7 Å². The van der Waals surface area contributed by atoms with Gasteiger partial charge in [-0.1, -0.05) is 18.2 Å². The van der Waals surface area contributed by atoms with Crippen LogP contribution in [0.5, 0.6) is 5.75 Å². The third-order valence-corrected chi connectivity index (χ3v) is 4.97. The highest BCUT2D eigenvalue weighted by molar-refractivity contribution is 6.07. The topological polar surface area (TPSA) is 78.9 Å². The van der Waals surface area contributed by atoms with Crippen molar-refractivity contribution in [1.29, 1.82) is 0 Å². The van der Waals surface area contributed by atoms with Gasteiger partial charge in [-0.3, -0.25) is 9.59 Å². The summed E-state index contributed by atoms with van der Waals surface area (Å²) in [4.78, 5) is 25.9. The van der Waals surface area contributed by atoms with Crippen LogP contribution < -0.4 is 10.1 Å². The number of para-hydroxylation sites is 1. The summed E-state index contributed by atoms with van der Waals surface area (Å²) in [5.41, 5.74) is 0.119. The van der Waals surface area contributed by atoms with E-state index in [-0.39, 0.29) is 25.1 Å². The van der Waals surface area contributed by atoms with Gasteiger partial charge < -0.3 is 20.1 Å². The number of nitrogens with one attached hydrogen (secondary N) is 1. The van der Waals surface area contributed by atoms with E-state index in [1.54, 1.807) is 6.07 Å². The zero-order valence-corrected chi connectivity index (χ0v) is 16.2. The first-order valence-corrected chi connectivity index (χ1v) is 9.34. The van der Waals surface area contributed by atoms with Crippen molar-refractivity contribution in [2.24, 2.45) is 0 Å². The van der Waals surface area contributed by atoms with E-state index in [1.165, 1.54) is 0 Å². The number of fused-ring (bicyclic) bond motifs is 1. The second-order valence-corrected chi connectivity index (χ2v) is 7.90. The minimum atomic E-state index is -4.32. The molecule has 1 atom stereocenters. The van der Waals surface area contributed by atoms with Crippen molar-refractivity contribution in [2.75, 3.05) is 13.1 Å². The third-order valence-electron chi connectivity index (χ3n) is 4.97. The molecule has 3 rings (SSSR count). The van der Waals surface area contributed by atoms with Crippen molar-refractivity contribution in [3.63, 3.8) is 0 Å². The second-order valence-electron chi connectivity index (χ2n) is 7.90. The van der Waals surface area contributed by atoms with Crippen LogP contribution in [0.3, 0.4) is 0 Å². The number of halogens is 3. The van der Waals surface area contributed by atoms with Crippen molar-refractivity contribution >= 4 is 11.8 Å². The van der Waals surface area contributed by atoms with E-state index in [4.69, 9.17) is 4.74 Å². The number of hydrogen-bond donors (Lipinski definition) is 2. The van der Waals surface area contributed by atoms with E-state index in [2.05, 4.69) is 5.32 Å². The normalized spacial score (nSPS) is 21.1. The third kappa shape index (κ3) is 4.83. The number of ether oxygens (including phenoxy) is 1. The van der Waals surface area contributed by atoms with Crippen LogP contribution >= 0.6 is 0 Å². The molecule has 158 valence electrons. The Morgan fingerprint density at radius 2 is 2.03 bits per heavy atom. The molecule has 2 amide bonds. The molecule has 0 saturated carbocycles. The predicted octanol–water partition coefficient (Wildman–Crippen LogP) is 3.40. The van der Waals surface area contributed by atoms with E-state index in [9.17, 15) is 27.9 Å². The van der Waals surface area contributed by atoms with Crippen molar-refractivity contribution in [3.05, 3.63) is 41.2 Å². The van der Waals surface area contributed by atoms with Gasteiger partial charge in [0.25, 0.3) is 11.8 Å². The molecule has 1 aromatic carbocycles. The zero-order chi connectivity index (χ0) is 21.4. The molecule has 0 bridgehead atoms. The molecule has 0 spiro atoms. The van der Waals surface area contributed by atoms with Gasteiger partial charge in [0.15, 0.2) is 5.76 Å². The van der Waals surface area contributed by atoms with Crippen LogP contribution in [0.25, 0.3) is 0 Å². The monoisotopic (exact) mass is 412 g/mol. The summed E-state index contributed by atoms with van der Waals surface area (Å²) >= 11 is 0. The summed E-state index contributed by atoms with van der Waals surface area (Å²) < 4.78 is 42.9. The Morgan fingerprint density at radius 1 is 1.34 bits per heavy atom. The van der Waals surface area contributed by atoms with Gasteiger partial charge >= 0.3 is 6.18 Å². The summed E-state index contributed by atoms with van der Waals surface area (Å²) in [7, 11) is 0. The quantitative estimate of drug-likeness (QED) is 0.777. The fourth-order valence-corrected chi connectivity index (χ4v) is 3.62. The summed E-state index contributed by atoms with van der Waals surface area (Å²) in [5.74, 6) is -1.52. The molecule has 1 unspecified atom stereocenters. The van der Waals surface area contributed by atoms with Gasteiger partial charge in [0.05, 0.1) is 18.2 Å². The largest absolute Gasteiger partial charge is 0.503 e. The number of aliphatic hydroxyl groups is 1. The van der Waals surface area contributed by atoms with Crippen molar-refractivity contribution < 1.29 is 32.6 Å². The van der Waals surface area contributed by atoms with E-state index in [0.717, 1.165) is 10.5 Å². The Hall–Kier alpha value is -2.71. The molecular weight excluding hydrogens is 389 g/mol. The summed E-state index contributed by atoms with van der Waals surface area (Å²) in [6.45, 7) is 3.37. The Labute approximate surface area is 166 Å². The standard InChI is InChI=1S/C20H23F3N2O4/c1-19(2)10-14(12-6-3-4-7-15(12)29-19)24-17(27)13-11-25(18(28)16(13)26)9-5-8-20(21,22)23/h3-4,6-7,14,26H,5,8-11H2,1-2H3,(H,24,27). The predicted molar refractivity (Wildman–Crippen MR) is 98.2 cm³/mol. The smallest absolute Gasteiger partial charge is 0.389 e. The number of hydrogen-bond acceptors (Lipinski definition) is 4. The Kier molecular flexibility index (Phi) is 5.51. The van der Waals surface area contributed by atoms with Crippen LogP contribution in [0.4, 0.5) is 13.2 Å². The van der Waals surface area contributed by atoms with Gasteiger partial charge in [-0.05, 0) is 26.3 Å². The molecule has 2 N–H and O–H groups in total. The molecule has 1 aromatic rings. The van der Waals surface area contributed by atoms with E-state index >= 15 is 0 Å². The maximum absolute atomic E-state index is 12.7. The zero-order valence-electron chi connectivity index (χ0n) is 16.2. The molecule has 0 saturated heterocycles. The number of amides is 2. The number of nitrogens with zero attached hydrogens (tertiary/aromatic N) is 1. The lowest BCUT2D eigenvalue weighted by Gasteiger charge is -2.37. The van der Waals surface area contributed by atoms with Gasteiger partial charge in [-0.15, -0.1) is 0 Å². The molecule has 2 aliphatic rings. The van der Waals surface area contributed by atoms with Crippen molar-refractivity contribution in [2.45, 2.75) is 50.9 Å². The first-order valence-electron chi connectivity index (χ1n) is 9.34. The number of rotatable bonds is 5. The van der Waals surface area contributed by atoms with Crippen LogP contribution in [0, 0.1) is 0 Å². The number of carbonyl (C=O) groups is 2. The SMILES string of the molecule is CC1(C)CC(NC(=O)C2=C(O)C(=O)N(CCCC(F)(F)F)C2)c2ccccc2O1. The summed E-state index contributed by atoms with van der Waals surface area (Å²) in [5, 5.41) is 12.9. The number of benzene rings is 1. The van der Waals surface area contributed by atoms with Crippen LogP contribution in [0.2, 0.25) is 0 Å². The lowest BCUT2D eigenvalue weighted by molar-refractivity contribution is -0.139. The van der Waals surface area contributed by atoms with E-state index in [1.807, 2.05) is 32.0 Å². The maximum Gasteiger partial charge on any atom is 0.389 e. The highest BCUT2D eigenvalue weighted by Gasteiger charge is 2.38. The Morgan fingerprint density at radius 3 is 2.72 bits per heavy atom. The molecule has 0 fully saturated rings. The van der Waals surface area contributed by atoms with Crippen LogP contribution in [0.1, 0.15) is 44.7 Å². The molecule has 2 aliphatic heterocycles. The highest BCUT2D eigenvalue weighted by Crippen LogP contribution is 2.39. The lowest BCUT2D eigenvalue weighted by Crippen LogP contribution is -2.42. The minimum Gasteiger partial charge on any atom is -0.503 e. The molecule has 0 aromatic heterocycles. The number of carbonyl (C=O) groups excluding carboxylic acids is 2. The number of alkyl halides is 3. The second kappa shape index (κ2) is 7.61. The van der Waals surface area contributed by atoms with Gasteiger partial charge in [-0.2, -0.15) is 13.2 Å². The van der Waals surface area contributed by atoms with Crippen LogP contribution in [-0.2, 0) is 9.59 Å². The average Bonchev–Trinajstić information content (AvgIpc) is 2.88. The summed E-state index contributed by atoms with van der Waals surface area (Å²) in [6, 6.07) is 6.87. The van der Waals surface area contributed by atoms with Crippen molar-refractivity contribution in [3.8, 4) is 5.75 Å². The fraction of sp³-hybridized carbons (Fsp3) is 0.500. The van der Waals surface area contributed by atoms with Crippen molar-refractivity contribution in [1.82, 2.24) is 10.2 Å². The Balaban J connectivity index is 1.69. The number of aliphatic hydroxyl groups excluding tert-OH is 1. The first-order chi connectivity index (χ1) is 13.5. The average molecular weight is 412 g/mol. The first kappa shape index (κ1) is 21.0. The van der Waals surface area contributed by atoms with E-state index in [0.29, 0.717) is 12.2 Å². The van der Waals surface area contributed by atoms with Gasteiger partial charge in [-0.25, -0.2) is 0 Å². The molecule has 0 radical (unpaired) electrons. The highest BCUT2D eigenvalue weighted by atomic mass is 19.4. The molecule has 9 heteroatoms. The van der Waals surface area contributed by atoms with Gasteiger partial charge in [0, 0.05) is 24.9 Å². The molecule has 0 aliphatic carbocycles. The molecule has 6 nitrogen and oxygen atoms in total. The fourth-order valence-electron chi connectivity index (χ4n) is 3.62. The minimum absolute atomic E-state index is 0.135. The summed E-state index contributed by atoms with van der Waals surface area (Å²) in [6.07, 6.45) is -5.17. The van der Waals surface area contributed by atoms with Gasteiger partial charge in [0.1, 0.15) is 11.4 Å². The molecular formula is C20H23F3N2O4. The maximum atomic E-state index is 12.7. The van der Waals surface area contributed by atoms with Gasteiger partial charge in [0.2, 0.25) is 0 Å². The molecule has 2 heterocycles. The van der Waals surface area contributed by atoms with Crippen LogP contribution in [0.15, 0.2) is 35.6 Å². The Bertz CT molecular complexity index is 848.